The Bertz CT molecular complexity index is 666. The smallest absolute Gasteiger partial charge is 0.317 e. The minimum Gasteiger partial charge on any atom is -0.361 e. The van der Waals surface area contributed by atoms with Gasteiger partial charge in [0.1, 0.15) is 0 Å². The number of urea groups is 1. The van der Waals surface area contributed by atoms with Gasteiger partial charge in [-0.1, -0.05) is 18.2 Å². The third-order valence-corrected chi connectivity index (χ3v) is 4.99. The van der Waals surface area contributed by atoms with Crippen LogP contribution in [0.25, 0.3) is 10.9 Å². The molecular formula is C18H23N3O. The number of fused-ring (bicyclic) bond motifs is 1. The summed E-state index contributed by atoms with van der Waals surface area (Å²) in [6.07, 6.45) is 7.79. The molecule has 0 radical (unpaired) electrons. The first-order valence-electron chi connectivity index (χ1n) is 8.40. The molecule has 1 aliphatic carbocycles. The van der Waals surface area contributed by atoms with Gasteiger partial charge in [0, 0.05) is 36.2 Å². The summed E-state index contributed by atoms with van der Waals surface area (Å²) < 4.78 is 0. The van der Waals surface area contributed by atoms with Gasteiger partial charge in [0.2, 0.25) is 0 Å². The summed E-state index contributed by atoms with van der Waals surface area (Å²) in [6, 6.07) is 9.09. The molecular weight excluding hydrogens is 274 g/mol. The number of carbonyl (C=O) groups excluding carboxylic acids is 1. The van der Waals surface area contributed by atoms with E-state index in [-0.39, 0.29) is 6.03 Å². The average Bonchev–Trinajstić information content (AvgIpc) is 3.28. The van der Waals surface area contributed by atoms with Gasteiger partial charge < -0.3 is 15.2 Å². The Labute approximate surface area is 130 Å². The number of aromatic amines is 1. The highest BCUT2D eigenvalue weighted by molar-refractivity contribution is 5.83. The fourth-order valence-electron chi connectivity index (χ4n) is 3.45. The van der Waals surface area contributed by atoms with Crippen molar-refractivity contribution < 1.29 is 4.79 Å². The molecule has 1 aromatic carbocycles. The summed E-state index contributed by atoms with van der Waals surface area (Å²) in [5, 5.41) is 4.43. The van der Waals surface area contributed by atoms with E-state index in [1.807, 2.05) is 4.90 Å². The van der Waals surface area contributed by atoms with Crippen molar-refractivity contribution in [2.45, 2.75) is 38.1 Å². The monoisotopic (exact) mass is 297 g/mol. The average molecular weight is 297 g/mol. The maximum Gasteiger partial charge on any atom is 0.317 e. The number of amides is 2. The minimum atomic E-state index is 0.146. The first kappa shape index (κ1) is 13.7. The van der Waals surface area contributed by atoms with Gasteiger partial charge in [0.05, 0.1) is 0 Å². The van der Waals surface area contributed by atoms with E-state index in [2.05, 4.69) is 40.8 Å². The van der Waals surface area contributed by atoms with E-state index in [1.165, 1.54) is 16.5 Å². The number of H-pyrrole nitrogens is 1. The lowest BCUT2D eigenvalue weighted by atomic mass is 9.90. The predicted molar refractivity (Wildman–Crippen MR) is 87.9 cm³/mol. The highest BCUT2D eigenvalue weighted by Crippen LogP contribution is 2.26. The van der Waals surface area contributed by atoms with E-state index in [0.717, 1.165) is 45.2 Å². The second-order valence-electron chi connectivity index (χ2n) is 6.72. The lowest BCUT2D eigenvalue weighted by molar-refractivity contribution is 0.170. The summed E-state index contributed by atoms with van der Waals surface area (Å²) in [5.41, 5.74) is 2.63. The van der Waals surface area contributed by atoms with Gasteiger partial charge in [0.15, 0.2) is 0 Å². The second-order valence-corrected chi connectivity index (χ2v) is 6.72. The summed E-state index contributed by atoms with van der Waals surface area (Å²) in [4.78, 5) is 17.4. The number of rotatable bonds is 3. The van der Waals surface area contributed by atoms with Crippen LogP contribution in [0.15, 0.2) is 30.5 Å². The van der Waals surface area contributed by atoms with Crippen molar-refractivity contribution >= 4 is 16.9 Å². The first-order valence-corrected chi connectivity index (χ1v) is 8.40. The lowest BCUT2D eigenvalue weighted by Crippen LogP contribution is -2.45. The van der Waals surface area contributed by atoms with E-state index in [0.29, 0.717) is 12.0 Å². The van der Waals surface area contributed by atoms with Gasteiger partial charge in [-0.3, -0.25) is 0 Å². The van der Waals surface area contributed by atoms with Crippen molar-refractivity contribution in [1.82, 2.24) is 15.2 Å². The Hall–Kier alpha value is -1.97. The summed E-state index contributed by atoms with van der Waals surface area (Å²) >= 11 is 0. The molecule has 4 rings (SSSR count). The van der Waals surface area contributed by atoms with Crippen LogP contribution in [0.1, 0.15) is 31.2 Å². The van der Waals surface area contributed by atoms with Crippen LogP contribution >= 0.6 is 0 Å². The molecule has 4 heteroatoms. The van der Waals surface area contributed by atoms with E-state index in [1.54, 1.807) is 0 Å². The molecule has 0 spiro atoms. The van der Waals surface area contributed by atoms with Gasteiger partial charge in [-0.15, -0.1) is 0 Å². The Kier molecular flexibility index (Phi) is 3.53. The van der Waals surface area contributed by atoms with Crippen LogP contribution < -0.4 is 5.32 Å². The van der Waals surface area contributed by atoms with Crippen LogP contribution in [0.3, 0.4) is 0 Å². The van der Waals surface area contributed by atoms with Crippen molar-refractivity contribution in [1.29, 1.82) is 0 Å². The SMILES string of the molecule is O=C(NC1CC1)N1CCC(Cc2c[nH]c3ccccc23)CC1. The van der Waals surface area contributed by atoms with Crippen LogP contribution in [0, 0.1) is 5.92 Å². The van der Waals surface area contributed by atoms with Crippen molar-refractivity contribution in [2.24, 2.45) is 5.92 Å². The Morgan fingerprint density at radius 1 is 1.18 bits per heavy atom. The number of nitrogens with zero attached hydrogens (tertiary/aromatic N) is 1. The zero-order valence-electron chi connectivity index (χ0n) is 12.8. The maximum absolute atomic E-state index is 12.1. The van der Waals surface area contributed by atoms with Crippen LogP contribution in [0.4, 0.5) is 4.79 Å². The van der Waals surface area contributed by atoms with E-state index in [4.69, 9.17) is 0 Å². The van der Waals surface area contributed by atoms with Crippen LogP contribution in [-0.4, -0.2) is 35.0 Å². The van der Waals surface area contributed by atoms with Crippen LogP contribution in [-0.2, 0) is 6.42 Å². The van der Waals surface area contributed by atoms with Crippen molar-refractivity contribution in [3.05, 3.63) is 36.0 Å². The van der Waals surface area contributed by atoms with Crippen LogP contribution in [0.2, 0.25) is 0 Å². The molecule has 1 saturated heterocycles. The summed E-state index contributed by atoms with van der Waals surface area (Å²) in [6.45, 7) is 1.79. The molecule has 22 heavy (non-hydrogen) atoms. The number of carbonyl (C=O) groups is 1. The Morgan fingerprint density at radius 3 is 2.73 bits per heavy atom. The zero-order chi connectivity index (χ0) is 14.9. The zero-order valence-corrected chi connectivity index (χ0v) is 12.8. The molecule has 2 aromatic rings. The molecule has 1 saturated carbocycles. The molecule has 0 atom stereocenters. The fraction of sp³-hybridized carbons (Fsp3) is 0.500. The largest absolute Gasteiger partial charge is 0.361 e. The summed E-state index contributed by atoms with van der Waals surface area (Å²) in [5.74, 6) is 0.684. The third kappa shape index (κ3) is 2.82. The highest BCUT2D eigenvalue weighted by atomic mass is 16.2. The first-order chi connectivity index (χ1) is 10.8. The summed E-state index contributed by atoms with van der Waals surface area (Å²) in [7, 11) is 0. The number of likely N-dealkylation sites (tertiary alicyclic amines) is 1. The van der Waals surface area contributed by atoms with Crippen molar-refractivity contribution in [2.75, 3.05) is 13.1 Å². The van der Waals surface area contributed by atoms with Crippen LogP contribution in [0.5, 0.6) is 0 Å². The number of piperidine rings is 1. The van der Waals surface area contributed by atoms with E-state index in [9.17, 15) is 4.79 Å². The maximum atomic E-state index is 12.1. The molecule has 1 aromatic heterocycles. The van der Waals surface area contributed by atoms with E-state index >= 15 is 0 Å². The Balaban J connectivity index is 1.34. The standard InChI is InChI=1S/C18H23N3O/c22-18(20-15-5-6-15)21-9-7-13(8-10-21)11-14-12-19-17-4-2-1-3-16(14)17/h1-4,12-13,15,19H,5-11H2,(H,20,22). The van der Waals surface area contributed by atoms with E-state index < -0.39 is 0 Å². The van der Waals surface area contributed by atoms with Crippen molar-refractivity contribution in [3.8, 4) is 0 Å². The molecule has 116 valence electrons. The molecule has 4 nitrogen and oxygen atoms in total. The number of hydrogen-bond donors (Lipinski definition) is 2. The van der Waals surface area contributed by atoms with Gasteiger partial charge in [-0.25, -0.2) is 4.79 Å². The van der Waals surface area contributed by atoms with Gasteiger partial charge >= 0.3 is 6.03 Å². The molecule has 2 heterocycles. The third-order valence-electron chi connectivity index (χ3n) is 4.99. The number of aromatic nitrogens is 1. The molecule has 1 aliphatic heterocycles. The second kappa shape index (κ2) is 5.67. The molecule has 2 fully saturated rings. The molecule has 2 amide bonds. The van der Waals surface area contributed by atoms with Crippen molar-refractivity contribution in [3.63, 3.8) is 0 Å². The van der Waals surface area contributed by atoms with Gasteiger partial charge in [0.25, 0.3) is 0 Å². The number of benzene rings is 1. The predicted octanol–water partition coefficient (Wildman–Crippen LogP) is 3.29. The topological polar surface area (TPSA) is 48.1 Å². The number of para-hydroxylation sites is 1. The van der Waals surface area contributed by atoms with Gasteiger partial charge in [-0.2, -0.15) is 0 Å². The highest BCUT2D eigenvalue weighted by Gasteiger charge is 2.28. The molecule has 2 aliphatic rings. The molecule has 0 unspecified atom stereocenters. The number of hydrogen-bond acceptors (Lipinski definition) is 1. The fourth-order valence-corrected chi connectivity index (χ4v) is 3.45. The Morgan fingerprint density at radius 2 is 1.95 bits per heavy atom. The number of nitrogens with one attached hydrogen (secondary N) is 2. The minimum absolute atomic E-state index is 0.146. The molecule has 2 N–H and O–H groups in total. The lowest BCUT2D eigenvalue weighted by Gasteiger charge is -2.32. The quantitative estimate of drug-likeness (QED) is 0.897. The normalized spacial score (nSPS) is 19.5. The molecule has 0 bridgehead atoms. The van der Waals surface area contributed by atoms with Gasteiger partial charge in [-0.05, 0) is 49.7 Å².